The molecule has 0 aromatic heterocycles. The lowest BCUT2D eigenvalue weighted by Crippen LogP contribution is -2.30. The standard InChI is InChI=1S/C41H78O5/c1-4-7-10-13-16-17-18-19-20-21-22-23-24-27-30-33-36-44-37-39(46-41(43)35-32-29-26-15-12-9-6-3)38-45-40(42)34-31-28-25-14-11-8-5-2/h19-20,39H,4-18,21-38H2,1-3H3/b20-19-. The molecule has 0 aliphatic heterocycles. The second-order valence-electron chi connectivity index (χ2n) is 13.6. The van der Waals surface area contributed by atoms with Crippen LogP contribution >= 0.6 is 0 Å². The van der Waals surface area contributed by atoms with Crippen LogP contribution in [0.25, 0.3) is 0 Å². The average Bonchev–Trinajstić information content (AvgIpc) is 3.05. The van der Waals surface area contributed by atoms with E-state index in [2.05, 4.69) is 32.9 Å². The van der Waals surface area contributed by atoms with Gasteiger partial charge in [-0.1, -0.05) is 168 Å². The van der Waals surface area contributed by atoms with E-state index in [0.29, 0.717) is 26.1 Å². The Kier molecular flexibility index (Phi) is 37.0. The van der Waals surface area contributed by atoms with E-state index in [-0.39, 0.29) is 18.5 Å². The van der Waals surface area contributed by atoms with Gasteiger partial charge in [-0.15, -0.1) is 0 Å². The summed E-state index contributed by atoms with van der Waals surface area (Å²) in [5.74, 6) is -0.405. The van der Waals surface area contributed by atoms with Crippen molar-refractivity contribution in [3.63, 3.8) is 0 Å². The van der Waals surface area contributed by atoms with Crippen LogP contribution in [0.5, 0.6) is 0 Å². The van der Waals surface area contributed by atoms with Crippen molar-refractivity contribution in [3.05, 3.63) is 12.2 Å². The maximum atomic E-state index is 12.5. The lowest BCUT2D eigenvalue weighted by Gasteiger charge is -2.18. The first-order chi connectivity index (χ1) is 22.6. The highest BCUT2D eigenvalue weighted by molar-refractivity contribution is 5.70. The highest BCUT2D eigenvalue weighted by Gasteiger charge is 2.17. The molecule has 5 nitrogen and oxygen atoms in total. The molecule has 0 heterocycles. The molecule has 0 bridgehead atoms. The van der Waals surface area contributed by atoms with Crippen molar-refractivity contribution >= 4 is 11.9 Å². The molecule has 0 saturated heterocycles. The minimum absolute atomic E-state index is 0.0888. The molecule has 0 amide bonds. The van der Waals surface area contributed by atoms with Gasteiger partial charge in [-0.05, 0) is 44.9 Å². The third-order valence-corrected chi connectivity index (χ3v) is 8.80. The zero-order chi connectivity index (χ0) is 33.6. The second kappa shape index (κ2) is 38.1. The Labute approximate surface area is 286 Å². The van der Waals surface area contributed by atoms with E-state index in [1.165, 1.54) is 141 Å². The monoisotopic (exact) mass is 651 g/mol. The minimum atomic E-state index is -0.524. The quantitative estimate of drug-likeness (QED) is 0.0380. The largest absolute Gasteiger partial charge is 0.462 e. The molecule has 0 aromatic carbocycles. The molecule has 0 rings (SSSR count). The maximum Gasteiger partial charge on any atom is 0.306 e. The van der Waals surface area contributed by atoms with Gasteiger partial charge >= 0.3 is 11.9 Å². The maximum absolute atomic E-state index is 12.5. The van der Waals surface area contributed by atoms with Gasteiger partial charge in [-0.2, -0.15) is 0 Å². The zero-order valence-corrected chi connectivity index (χ0v) is 31.1. The van der Waals surface area contributed by atoms with Gasteiger partial charge in [0.05, 0.1) is 6.61 Å². The van der Waals surface area contributed by atoms with Gasteiger partial charge in [0.25, 0.3) is 0 Å². The predicted octanol–water partition coefficient (Wildman–Crippen LogP) is 12.8. The highest BCUT2D eigenvalue weighted by Crippen LogP contribution is 2.13. The first kappa shape index (κ1) is 44.6. The average molecular weight is 651 g/mol. The molecule has 0 N–H and O–H groups in total. The molecule has 1 unspecified atom stereocenters. The Hall–Kier alpha value is -1.36. The van der Waals surface area contributed by atoms with Crippen LogP contribution in [0.3, 0.4) is 0 Å². The Morgan fingerprint density at radius 3 is 1.33 bits per heavy atom. The number of esters is 2. The number of ether oxygens (including phenoxy) is 3. The zero-order valence-electron chi connectivity index (χ0n) is 31.1. The van der Waals surface area contributed by atoms with Gasteiger partial charge in [-0.3, -0.25) is 9.59 Å². The summed E-state index contributed by atoms with van der Waals surface area (Å²) >= 11 is 0. The van der Waals surface area contributed by atoms with E-state index in [1.54, 1.807) is 0 Å². The van der Waals surface area contributed by atoms with Crippen molar-refractivity contribution in [2.24, 2.45) is 0 Å². The van der Waals surface area contributed by atoms with Crippen molar-refractivity contribution in [2.75, 3.05) is 19.8 Å². The summed E-state index contributed by atoms with van der Waals surface area (Å²) in [4.78, 5) is 24.8. The molecule has 0 saturated carbocycles. The van der Waals surface area contributed by atoms with Gasteiger partial charge in [0.1, 0.15) is 6.61 Å². The Balaban J connectivity index is 4.09. The molecule has 5 heteroatoms. The highest BCUT2D eigenvalue weighted by atomic mass is 16.6. The van der Waals surface area contributed by atoms with Gasteiger partial charge < -0.3 is 14.2 Å². The molecule has 0 aromatic rings. The predicted molar refractivity (Wildman–Crippen MR) is 196 cm³/mol. The Morgan fingerprint density at radius 1 is 0.457 bits per heavy atom. The van der Waals surface area contributed by atoms with E-state index in [9.17, 15) is 9.59 Å². The van der Waals surface area contributed by atoms with Crippen LogP contribution in [0.2, 0.25) is 0 Å². The summed E-state index contributed by atoms with van der Waals surface area (Å²) in [6, 6.07) is 0. The van der Waals surface area contributed by atoms with Crippen molar-refractivity contribution < 1.29 is 23.8 Å². The number of carbonyl (C=O) groups is 2. The van der Waals surface area contributed by atoms with Gasteiger partial charge in [0.15, 0.2) is 6.10 Å². The number of hydrogen-bond donors (Lipinski definition) is 0. The topological polar surface area (TPSA) is 61.8 Å². The van der Waals surface area contributed by atoms with Gasteiger partial charge in [0, 0.05) is 19.4 Å². The molecule has 272 valence electrons. The smallest absolute Gasteiger partial charge is 0.306 e. The third-order valence-electron chi connectivity index (χ3n) is 8.80. The molecular formula is C41H78O5. The molecular weight excluding hydrogens is 572 g/mol. The first-order valence-electron chi connectivity index (χ1n) is 20.2. The van der Waals surface area contributed by atoms with Crippen LogP contribution in [0.15, 0.2) is 12.2 Å². The number of hydrogen-bond acceptors (Lipinski definition) is 5. The summed E-state index contributed by atoms with van der Waals surface area (Å²) in [6.45, 7) is 7.75. The lowest BCUT2D eigenvalue weighted by atomic mass is 10.1. The Bertz CT molecular complexity index is 661. The van der Waals surface area contributed by atoms with E-state index >= 15 is 0 Å². The van der Waals surface area contributed by atoms with E-state index in [1.807, 2.05) is 0 Å². The van der Waals surface area contributed by atoms with Crippen LogP contribution in [-0.2, 0) is 23.8 Å². The number of rotatable bonds is 37. The van der Waals surface area contributed by atoms with Gasteiger partial charge in [0.2, 0.25) is 0 Å². The normalized spacial score (nSPS) is 12.2. The molecule has 0 aliphatic rings. The number of carbonyl (C=O) groups excluding carboxylic acids is 2. The summed E-state index contributed by atoms with van der Waals surface area (Å²) in [5, 5.41) is 0. The van der Waals surface area contributed by atoms with Crippen LogP contribution in [0, 0.1) is 0 Å². The van der Waals surface area contributed by atoms with Crippen molar-refractivity contribution in [1.29, 1.82) is 0 Å². The molecule has 0 fully saturated rings. The van der Waals surface area contributed by atoms with E-state index < -0.39 is 6.10 Å². The molecule has 0 aliphatic carbocycles. The van der Waals surface area contributed by atoms with Crippen LogP contribution < -0.4 is 0 Å². The first-order valence-corrected chi connectivity index (χ1v) is 20.2. The van der Waals surface area contributed by atoms with E-state index in [4.69, 9.17) is 14.2 Å². The van der Waals surface area contributed by atoms with Crippen LogP contribution in [0.4, 0.5) is 0 Å². The van der Waals surface area contributed by atoms with Crippen LogP contribution in [-0.4, -0.2) is 37.9 Å². The SMILES string of the molecule is CCCCCCCC/C=C\CCCCCCCCOCC(COC(=O)CCCCCCCCC)OC(=O)CCCCCCCCC. The van der Waals surface area contributed by atoms with Crippen molar-refractivity contribution in [3.8, 4) is 0 Å². The fourth-order valence-corrected chi connectivity index (χ4v) is 5.74. The van der Waals surface area contributed by atoms with Crippen molar-refractivity contribution in [2.45, 2.75) is 219 Å². The number of unbranched alkanes of at least 4 members (excludes halogenated alkanes) is 24. The fourth-order valence-electron chi connectivity index (χ4n) is 5.74. The summed E-state index contributed by atoms with van der Waals surface area (Å²) in [7, 11) is 0. The van der Waals surface area contributed by atoms with Crippen LogP contribution in [0.1, 0.15) is 213 Å². The summed E-state index contributed by atoms with van der Waals surface area (Å²) in [6.07, 6.45) is 39.3. The fraction of sp³-hybridized carbons (Fsp3) is 0.902. The summed E-state index contributed by atoms with van der Waals surface area (Å²) in [5.41, 5.74) is 0. The van der Waals surface area contributed by atoms with Crippen molar-refractivity contribution in [1.82, 2.24) is 0 Å². The minimum Gasteiger partial charge on any atom is -0.462 e. The third kappa shape index (κ3) is 35.5. The molecule has 1 atom stereocenters. The number of allylic oxidation sites excluding steroid dienone is 2. The van der Waals surface area contributed by atoms with Gasteiger partial charge in [-0.25, -0.2) is 0 Å². The molecule has 0 spiro atoms. The second-order valence-corrected chi connectivity index (χ2v) is 13.6. The lowest BCUT2D eigenvalue weighted by molar-refractivity contribution is -0.163. The summed E-state index contributed by atoms with van der Waals surface area (Å²) < 4.78 is 17.1. The van der Waals surface area contributed by atoms with E-state index in [0.717, 1.165) is 38.5 Å². The molecule has 0 radical (unpaired) electrons. The molecule has 46 heavy (non-hydrogen) atoms. The Morgan fingerprint density at radius 2 is 0.848 bits per heavy atom.